The lowest BCUT2D eigenvalue weighted by atomic mass is 9.74. The summed E-state index contributed by atoms with van der Waals surface area (Å²) in [6.45, 7) is 8.13. The molecule has 0 saturated carbocycles. The Bertz CT molecular complexity index is 1140. The molecular weight excluding hydrogens is 499 g/mol. The van der Waals surface area contributed by atoms with E-state index in [-0.39, 0.29) is 34.8 Å². The summed E-state index contributed by atoms with van der Waals surface area (Å²) in [7, 11) is -1.64. The van der Waals surface area contributed by atoms with Gasteiger partial charge in [0.05, 0.1) is 17.0 Å². The van der Waals surface area contributed by atoms with Crippen LogP contribution in [0.3, 0.4) is 0 Å². The first kappa shape index (κ1) is 25.6. The average molecular weight is 524 g/mol. The van der Waals surface area contributed by atoms with Crippen molar-refractivity contribution in [2.45, 2.75) is 44.8 Å². The summed E-state index contributed by atoms with van der Waals surface area (Å²) in [5, 5.41) is 0.793. The van der Waals surface area contributed by atoms with Crippen molar-refractivity contribution in [1.29, 1.82) is 0 Å². The second-order valence-electron chi connectivity index (χ2n) is 8.95. The predicted octanol–water partition coefficient (Wildman–Crippen LogP) is 6.54. The Balaban J connectivity index is 2.05. The molecule has 1 atom stereocenters. The standard InChI is InChI=1S/C25H25Cl3O4Si/c1-5-31-20(29)15-32-19-13-16-14-25(11-6-12-33(2,3)4,17-7-9-18(26)10-8-17)24(30)21(16)23(28)22(19)27/h7-10,13H,5,11,14-15H2,1-4H3. The molecule has 1 unspecified atom stereocenters. The molecule has 0 amide bonds. The van der Waals surface area contributed by atoms with Gasteiger partial charge in [0, 0.05) is 17.0 Å². The number of benzene rings is 2. The van der Waals surface area contributed by atoms with E-state index in [1.807, 2.05) is 12.1 Å². The van der Waals surface area contributed by atoms with Gasteiger partial charge in [-0.3, -0.25) is 4.79 Å². The molecule has 2 aromatic rings. The zero-order valence-electron chi connectivity index (χ0n) is 19.0. The second-order valence-corrected chi connectivity index (χ2v) is 14.9. The summed E-state index contributed by atoms with van der Waals surface area (Å²) in [6.07, 6.45) is 0.731. The maximum absolute atomic E-state index is 13.8. The lowest BCUT2D eigenvalue weighted by Crippen LogP contribution is -2.33. The molecule has 0 spiro atoms. The maximum Gasteiger partial charge on any atom is 0.344 e. The summed E-state index contributed by atoms with van der Waals surface area (Å²) in [6, 6.07) is 8.93. The first-order valence-corrected chi connectivity index (χ1v) is 15.2. The summed E-state index contributed by atoms with van der Waals surface area (Å²) < 4.78 is 10.5. The van der Waals surface area contributed by atoms with Gasteiger partial charge < -0.3 is 9.47 Å². The van der Waals surface area contributed by atoms with Gasteiger partial charge in [0.25, 0.3) is 0 Å². The van der Waals surface area contributed by atoms with E-state index in [1.165, 1.54) is 0 Å². The highest BCUT2D eigenvalue weighted by atomic mass is 35.5. The molecule has 0 N–H and O–H groups in total. The molecule has 0 heterocycles. The van der Waals surface area contributed by atoms with Crippen LogP contribution in [0, 0.1) is 11.5 Å². The van der Waals surface area contributed by atoms with Crippen LogP contribution in [0.25, 0.3) is 0 Å². The van der Waals surface area contributed by atoms with Crippen molar-refractivity contribution >= 4 is 54.6 Å². The normalized spacial score (nSPS) is 17.2. The fourth-order valence-electron chi connectivity index (χ4n) is 3.83. The van der Waals surface area contributed by atoms with E-state index in [2.05, 4.69) is 31.1 Å². The Kier molecular flexibility index (Phi) is 7.86. The molecule has 4 nitrogen and oxygen atoms in total. The molecule has 3 rings (SSSR count). The van der Waals surface area contributed by atoms with E-state index in [4.69, 9.17) is 44.3 Å². The number of halogens is 3. The third-order valence-corrected chi connectivity index (χ3v) is 7.34. The van der Waals surface area contributed by atoms with Crippen LogP contribution in [0.2, 0.25) is 34.7 Å². The summed E-state index contributed by atoms with van der Waals surface area (Å²) in [5.74, 6) is 2.87. The minimum Gasteiger partial charge on any atom is -0.480 e. The number of rotatable bonds is 6. The SMILES string of the molecule is CCOC(=O)COc1cc2c(c(Cl)c1Cl)C(=O)C(CC#C[Si](C)(C)C)(c1ccc(Cl)cc1)C2. The number of esters is 1. The van der Waals surface area contributed by atoms with Crippen LogP contribution in [0.5, 0.6) is 5.75 Å². The predicted molar refractivity (Wildman–Crippen MR) is 135 cm³/mol. The molecular formula is C25H25Cl3O4Si. The van der Waals surface area contributed by atoms with Crippen molar-refractivity contribution in [1.82, 2.24) is 0 Å². The number of ketones is 1. The number of carbonyl (C=O) groups excluding carboxylic acids is 2. The van der Waals surface area contributed by atoms with Crippen LogP contribution in [0.1, 0.15) is 34.8 Å². The zero-order chi connectivity index (χ0) is 24.4. The van der Waals surface area contributed by atoms with Gasteiger partial charge in [-0.25, -0.2) is 4.79 Å². The van der Waals surface area contributed by atoms with E-state index >= 15 is 0 Å². The summed E-state index contributed by atoms with van der Waals surface area (Å²) in [5.41, 5.74) is 4.34. The van der Waals surface area contributed by atoms with Crippen LogP contribution in [-0.4, -0.2) is 33.0 Å². The van der Waals surface area contributed by atoms with Gasteiger partial charge in [0.2, 0.25) is 0 Å². The molecule has 0 aliphatic heterocycles. The maximum atomic E-state index is 13.8. The molecule has 0 aromatic heterocycles. The molecule has 0 radical (unpaired) electrons. The van der Waals surface area contributed by atoms with Gasteiger partial charge in [-0.1, -0.05) is 66.6 Å². The molecule has 1 aliphatic carbocycles. The van der Waals surface area contributed by atoms with Crippen molar-refractivity contribution in [3.8, 4) is 17.2 Å². The van der Waals surface area contributed by atoms with Gasteiger partial charge in [-0.05, 0) is 42.7 Å². The van der Waals surface area contributed by atoms with Crippen molar-refractivity contribution in [3.05, 3.63) is 62.1 Å². The molecule has 8 heteroatoms. The summed E-state index contributed by atoms with van der Waals surface area (Å²) >= 11 is 19.1. The Morgan fingerprint density at radius 3 is 2.39 bits per heavy atom. The lowest BCUT2D eigenvalue weighted by molar-refractivity contribution is -0.145. The van der Waals surface area contributed by atoms with Crippen molar-refractivity contribution in [2.24, 2.45) is 0 Å². The van der Waals surface area contributed by atoms with Gasteiger partial charge in [0.15, 0.2) is 12.4 Å². The molecule has 1 aliphatic rings. The highest BCUT2D eigenvalue weighted by Crippen LogP contribution is 2.49. The van der Waals surface area contributed by atoms with Crippen LogP contribution in [-0.2, 0) is 21.4 Å². The van der Waals surface area contributed by atoms with E-state index in [1.54, 1.807) is 25.1 Å². The van der Waals surface area contributed by atoms with Crippen molar-refractivity contribution in [3.63, 3.8) is 0 Å². The zero-order valence-corrected chi connectivity index (χ0v) is 22.2. The molecule has 0 bridgehead atoms. The molecule has 174 valence electrons. The highest BCUT2D eigenvalue weighted by molar-refractivity contribution is 6.83. The number of hydrogen-bond acceptors (Lipinski definition) is 4. The van der Waals surface area contributed by atoms with Gasteiger partial charge in [-0.15, -0.1) is 11.5 Å². The van der Waals surface area contributed by atoms with Crippen LogP contribution in [0.15, 0.2) is 30.3 Å². The smallest absolute Gasteiger partial charge is 0.344 e. The highest BCUT2D eigenvalue weighted by Gasteiger charge is 2.48. The minimum atomic E-state index is -1.64. The van der Waals surface area contributed by atoms with Crippen LogP contribution < -0.4 is 4.74 Å². The van der Waals surface area contributed by atoms with Gasteiger partial charge in [0.1, 0.15) is 18.8 Å². The number of fused-ring (bicyclic) bond motifs is 1. The Morgan fingerprint density at radius 1 is 1.12 bits per heavy atom. The largest absolute Gasteiger partial charge is 0.480 e. The quantitative estimate of drug-likeness (QED) is 0.245. The van der Waals surface area contributed by atoms with E-state index < -0.39 is 19.5 Å². The first-order valence-electron chi connectivity index (χ1n) is 10.6. The minimum absolute atomic E-state index is 0.0909. The van der Waals surface area contributed by atoms with Crippen LogP contribution in [0.4, 0.5) is 0 Å². The molecule has 0 saturated heterocycles. The Labute approximate surface area is 210 Å². The van der Waals surface area contributed by atoms with Crippen molar-refractivity contribution < 1.29 is 19.1 Å². The van der Waals surface area contributed by atoms with E-state index in [0.29, 0.717) is 29.0 Å². The first-order chi connectivity index (χ1) is 15.5. The van der Waals surface area contributed by atoms with Crippen LogP contribution >= 0.6 is 34.8 Å². The molecule has 0 fully saturated rings. The number of carbonyl (C=O) groups is 2. The van der Waals surface area contributed by atoms with Crippen molar-refractivity contribution in [2.75, 3.05) is 13.2 Å². The third-order valence-electron chi connectivity index (χ3n) is 5.31. The average Bonchev–Trinajstić information content (AvgIpc) is 3.02. The summed E-state index contributed by atoms with van der Waals surface area (Å²) in [4.78, 5) is 25.6. The van der Waals surface area contributed by atoms with Gasteiger partial charge >= 0.3 is 5.97 Å². The molecule has 33 heavy (non-hydrogen) atoms. The number of Topliss-reactive ketones (excluding diaryl/α,β-unsaturated/α-hetero) is 1. The monoisotopic (exact) mass is 522 g/mol. The van der Waals surface area contributed by atoms with E-state index in [9.17, 15) is 9.59 Å². The fourth-order valence-corrected chi connectivity index (χ4v) is 5.08. The molecule has 2 aromatic carbocycles. The number of hydrogen-bond donors (Lipinski definition) is 0. The lowest BCUT2D eigenvalue weighted by Gasteiger charge is -2.26. The van der Waals surface area contributed by atoms with Gasteiger partial charge in [-0.2, -0.15) is 0 Å². The fraction of sp³-hybridized carbons (Fsp3) is 0.360. The third kappa shape index (κ3) is 5.58. The Hall–Kier alpha value is -1.97. The number of ether oxygens (including phenoxy) is 2. The van der Waals surface area contributed by atoms with E-state index in [0.717, 1.165) is 5.56 Å². The Morgan fingerprint density at radius 2 is 1.79 bits per heavy atom. The topological polar surface area (TPSA) is 52.6 Å². The second kappa shape index (κ2) is 10.1.